The fourth-order valence-electron chi connectivity index (χ4n) is 2.39. The van der Waals surface area contributed by atoms with Crippen molar-refractivity contribution in [3.8, 4) is 0 Å². The summed E-state index contributed by atoms with van der Waals surface area (Å²) in [5, 5.41) is 8.93. The van der Waals surface area contributed by atoms with Crippen LogP contribution in [0.2, 0.25) is 18.1 Å². The van der Waals surface area contributed by atoms with Crippen LogP contribution < -0.4 is 0 Å². The lowest BCUT2D eigenvalue weighted by atomic mass is 9.95. The van der Waals surface area contributed by atoms with Crippen molar-refractivity contribution in [2.45, 2.75) is 58.9 Å². The van der Waals surface area contributed by atoms with Gasteiger partial charge in [-0.15, -0.1) is 0 Å². The van der Waals surface area contributed by atoms with Crippen molar-refractivity contribution >= 4 is 30.2 Å². The molecule has 0 aromatic heterocycles. The van der Waals surface area contributed by atoms with Crippen LogP contribution in [-0.2, 0) is 9.22 Å². The number of carboxylic acids is 1. The van der Waals surface area contributed by atoms with E-state index in [1.54, 1.807) is 6.08 Å². The predicted octanol–water partition coefficient (Wildman–Crippen LogP) is 6.74. The molecule has 0 aliphatic heterocycles. The summed E-state index contributed by atoms with van der Waals surface area (Å²) in [6.07, 6.45) is 4.81. The molecule has 1 rings (SSSR count). The average molecular weight is 439 g/mol. The van der Waals surface area contributed by atoms with Gasteiger partial charge in [0.1, 0.15) is 0 Å². The summed E-state index contributed by atoms with van der Waals surface area (Å²) in [5.74, 6) is -0.823. The highest BCUT2D eigenvalue weighted by Gasteiger charge is 2.40. The molecule has 0 radical (unpaired) electrons. The first-order chi connectivity index (χ1) is 11.8. The molecule has 0 saturated heterocycles. The second-order valence-electron chi connectivity index (χ2n) is 8.29. The number of carboxylic acid groups (broad SMARTS) is 1. The van der Waals surface area contributed by atoms with E-state index in [4.69, 9.17) is 9.53 Å². The Labute approximate surface area is 167 Å². The van der Waals surface area contributed by atoms with Crippen molar-refractivity contribution in [1.29, 1.82) is 0 Å². The van der Waals surface area contributed by atoms with Gasteiger partial charge in [0.2, 0.25) is 0 Å². The quantitative estimate of drug-likeness (QED) is 0.291. The minimum absolute atomic E-state index is 0.0721. The molecule has 0 aliphatic carbocycles. The van der Waals surface area contributed by atoms with E-state index in [0.717, 1.165) is 15.6 Å². The zero-order chi connectivity index (χ0) is 20.1. The first-order valence-electron chi connectivity index (χ1n) is 8.86. The van der Waals surface area contributed by atoms with Crippen LogP contribution in [0.3, 0.4) is 0 Å². The van der Waals surface area contributed by atoms with Gasteiger partial charge in [-0.05, 0) is 42.8 Å². The van der Waals surface area contributed by atoms with Crippen LogP contribution in [0.4, 0.5) is 0 Å². The van der Waals surface area contributed by atoms with Crippen LogP contribution in [-0.4, -0.2) is 19.4 Å². The molecule has 1 N–H and O–H groups in total. The van der Waals surface area contributed by atoms with Crippen molar-refractivity contribution in [2.24, 2.45) is 5.92 Å². The molecule has 0 unspecified atom stereocenters. The summed E-state index contributed by atoms with van der Waals surface area (Å²) in [7, 11) is -1.97. The Balaban J connectivity index is 3.21. The minimum atomic E-state index is -1.97. The summed E-state index contributed by atoms with van der Waals surface area (Å²) in [4.78, 5) is 10.7. The monoisotopic (exact) mass is 438 g/mol. The van der Waals surface area contributed by atoms with E-state index in [-0.39, 0.29) is 17.1 Å². The number of halogens is 1. The van der Waals surface area contributed by atoms with E-state index in [9.17, 15) is 4.79 Å². The topological polar surface area (TPSA) is 46.5 Å². The SMILES string of the molecule is CC(/C=C/C(=O)O)=C\[C@@H](C)[C@@H](O[Si](C)(C)C(C)(C)C)c1ccc(Br)cc1. The molecule has 0 saturated carbocycles. The number of hydrogen-bond acceptors (Lipinski definition) is 2. The molecule has 0 amide bonds. The zero-order valence-electron chi connectivity index (χ0n) is 16.8. The molecule has 0 heterocycles. The maximum absolute atomic E-state index is 10.7. The highest BCUT2D eigenvalue weighted by Crippen LogP contribution is 2.42. The zero-order valence-corrected chi connectivity index (χ0v) is 19.4. The lowest BCUT2D eigenvalue weighted by molar-refractivity contribution is -0.131. The number of allylic oxidation sites excluding steroid dienone is 2. The number of carbonyl (C=O) groups is 1. The molecule has 1 aromatic carbocycles. The van der Waals surface area contributed by atoms with Crippen LogP contribution in [0.25, 0.3) is 0 Å². The van der Waals surface area contributed by atoms with Crippen LogP contribution in [0.15, 0.2) is 52.5 Å². The fraction of sp³-hybridized carbons (Fsp3) is 0.476. The summed E-state index contributed by atoms with van der Waals surface area (Å²) < 4.78 is 7.79. The van der Waals surface area contributed by atoms with Gasteiger partial charge in [-0.3, -0.25) is 0 Å². The van der Waals surface area contributed by atoms with Gasteiger partial charge in [0, 0.05) is 16.5 Å². The van der Waals surface area contributed by atoms with Crippen molar-refractivity contribution < 1.29 is 14.3 Å². The van der Waals surface area contributed by atoms with Crippen molar-refractivity contribution in [1.82, 2.24) is 0 Å². The molecule has 26 heavy (non-hydrogen) atoms. The number of hydrogen-bond donors (Lipinski definition) is 1. The van der Waals surface area contributed by atoms with Gasteiger partial charge in [-0.25, -0.2) is 4.79 Å². The van der Waals surface area contributed by atoms with E-state index >= 15 is 0 Å². The van der Waals surface area contributed by atoms with E-state index in [0.29, 0.717) is 0 Å². The molecular formula is C21H31BrO3Si. The second-order valence-corrected chi connectivity index (χ2v) is 14.0. The third-order valence-corrected chi connectivity index (χ3v) is 9.90. The molecule has 0 bridgehead atoms. The summed E-state index contributed by atoms with van der Waals surface area (Å²) >= 11 is 3.49. The molecule has 0 aliphatic rings. The highest BCUT2D eigenvalue weighted by molar-refractivity contribution is 9.10. The van der Waals surface area contributed by atoms with E-state index in [2.05, 4.69) is 74.9 Å². The van der Waals surface area contributed by atoms with Gasteiger partial charge < -0.3 is 9.53 Å². The lowest BCUT2D eigenvalue weighted by Crippen LogP contribution is -2.42. The van der Waals surface area contributed by atoms with Crippen LogP contribution in [0, 0.1) is 5.92 Å². The fourth-order valence-corrected chi connectivity index (χ4v) is 3.99. The predicted molar refractivity (Wildman–Crippen MR) is 115 cm³/mol. The Hall–Kier alpha value is -1.17. The maximum atomic E-state index is 10.7. The number of rotatable bonds is 7. The third kappa shape index (κ3) is 6.86. The van der Waals surface area contributed by atoms with Gasteiger partial charge >= 0.3 is 5.97 Å². The lowest BCUT2D eigenvalue weighted by Gasteiger charge is -2.40. The molecule has 3 nitrogen and oxygen atoms in total. The van der Waals surface area contributed by atoms with Crippen LogP contribution in [0.1, 0.15) is 46.3 Å². The van der Waals surface area contributed by atoms with Crippen molar-refractivity contribution in [3.63, 3.8) is 0 Å². The second kappa shape index (κ2) is 9.15. The standard InChI is InChI=1S/C21H31BrO3Si/c1-15(8-13-19(23)24)14-16(2)20(17-9-11-18(22)12-10-17)25-26(6,7)21(3,4)5/h8-14,16,20H,1-7H3,(H,23,24)/b13-8+,15-14+/t16-,20-/m1/s1. The van der Waals surface area contributed by atoms with Gasteiger partial charge in [0.15, 0.2) is 8.32 Å². The highest BCUT2D eigenvalue weighted by atomic mass is 79.9. The Bertz CT molecular complexity index is 669. The number of benzene rings is 1. The van der Waals surface area contributed by atoms with Crippen LogP contribution >= 0.6 is 15.9 Å². The first kappa shape index (κ1) is 22.9. The van der Waals surface area contributed by atoms with Crippen molar-refractivity contribution in [3.05, 3.63) is 58.1 Å². The summed E-state index contributed by atoms with van der Waals surface area (Å²) in [5.41, 5.74) is 2.05. The molecule has 144 valence electrons. The van der Waals surface area contributed by atoms with E-state index in [1.165, 1.54) is 6.08 Å². The summed E-state index contributed by atoms with van der Waals surface area (Å²) in [6.45, 7) is 15.3. The van der Waals surface area contributed by atoms with Gasteiger partial charge in [-0.1, -0.05) is 73.5 Å². The maximum Gasteiger partial charge on any atom is 0.328 e. The van der Waals surface area contributed by atoms with Gasteiger partial charge in [-0.2, -0.15) is 0 Å². The molecule has 0 fully saturated rings. The van der Waals surface area contributed by atoms with Crippen molar-refractivity contribution in [2.75, 3.05) is 0 Å². The smallest absolute Gasteiger partial charge is 0.328 e. The third-order valence-electron chi connectivity index (χ3n) is 4.92. The Morgan fingerprint density at radius 2 is 1.73 bits per heavy atom. The molecule has 0 spiro atoms. The van der Waals surface area contributed by atoms with Crippen LogP contribution in [0.5, 0.6) is 0 Å². The Morgan fingerprint density at radius 3 is 2.19 bits per heavy atom. The molecule has 5 heteroatoms. The molecule has 2 atom stereocenters. The Morgan fingerprint density at radius 1 is 1.19 bits per heavy atom. The molecule has 1 aromatic rings. The van der Waals surface area contributed by atoms with E-state index < -0.39 is 14.3 Å². The average Bonchev–Trinajstić information content (AvgIpc) is 2.50. The Kier molecular flexibility index (Phi) is 8.05. The largest absolute Gasteiger partial charge is 0.478 e. The minimum Gasteiger partial charge on any atom is -0.478 e. The van der Waals surface area contributed by atoms with E-state index in [1.807, 2.05) is 19.1 Å². The normalized spacial score (nSPS) is 15.9. The first-order valence-corrected chi connectivity index (χ1v) is 12.6. The van der Waals surface area contributed by atoms with Gasteiger partial charge in [0.25, 0.3) is 0 Å². The number of aliphatic carboxylic acids is 1. The molecular weight excluding hydrogens is 408 g/mol. The van der Waals surface area contributed by atoms with Gasteiger partial charge in [0.05, 0.1) is 6.10 Å². The summed E-state index contributed by atoms with van der Waals surface area (Å²) in [6, 6.07) is 8.25.